The van der Waals surface area contributed by atoms with Crippen LogP contribution in [-0.4, -0.2) is 34.0 Å². The van der Waals surface area contributed by atoms with E-state index in [0.29, 0.717) is 6.42 Å². The van der Waals surface area contributed by atoms with Gasteiger partial charge in [-0.3, -0.25) is 4.79 Å². The van der Waals surface area contributed by atoms with Gasteiger partial charge < -0.3 is 15.0 Å². The fourth-order valence-corrected chi connectivity index (χ4v) is 3.70. The third-order valence-electron chi connectivity index (χ3n) is 5.17. The number of aliphatic hydroxyl groups is 2. The lowest BCUT2D eigenvalue weighted by Crippen LogP contribution is -2.18. The number of allylic oxidation sites excluding steroid dienone is 1. The molecule has 1 saturated carbocycles. The molecule has 0 aromatic rings. The maximum Gasteiger partial charge on any atom is 0.139 e. The van der Waals surface area contributed by atoms with Gasteiger partial charge in [-0.25, -0.2) is 0 Å². The number of Topliss-reactive ketones (excluding diaryl/α,β-unsaturated/α-hetero) is 2. The van der Waals surface area contributed by atoms with Crippen LogP contribution in [0.2, 0.25) is 0 Å². The number of carbonyl (C=O) groups excluding carboxylic acids is 2. The second-order valence-electron chi connectivity index (χ2n) is 7.52. The van der Waals surface area contributed by atoms with Crippen LogP contribution in [0.5, 0.6) is 0 Å². The Morgan fingerprint density at radius 3 is 2.64 bits per heavy atom. The number of rotatable bonds is 13. The normalized spacial score (nSPS) is 25.0. The highest BCUT2D eigenvalue weighted by Gasteiger charge is 2.39. The molecule has 0 spiro atoms. The van der Waals surface area contributed by atoms with Crippen LogP contribution in [0.15, 0.2) is 12.2 Å². The Morgan fingerprint density at radius 2 is 1.96 bits per heavy atom. The molecule has 0 aromatic heterocycles. The average Bonchev–Trinajstić information content (AvgIpc) is 2.81. The maximum atomic E-state index is 12.2. The van der Waals surface area contributed by atoms with Gasteiger partial charge in [0.15, 0.2) is 0 Å². The Labute approximate surface area is 152 Å². The van der Waals surface area contributed by atoms with Crippen molar-refractivity contribution in [3.63, 3.8) is 0 Å². The van der Waals surface area contributed by atoms with Gasteiger partial charge in [-0.15, -0.1) is 0 Å². The first kappa shape index (κ1) is 22.0. The maximum absolute atomic E-state index is 12.2. The van der Waals surface area contributed by atoms with Crippen LogP contribution in [0.25, 0.3) is 0 Å². The van der Waals surface area contributed by atoms with Crippen molar-refractivity contribution in [3.05, 3.63) is 12.2 Å². The number of hydrogen-bond acceptors (Lipinski definition) is 4. The van der Waals surface area contributed by atoms with E-state index in [0.717, 1.165) is 57.8 Å². The Bertz CT molecular complexity index is 430. The summed E-state index contributed by atoms with van der Waals surface area (Å²) in [6.45, 7) is 3.68. The summed E-state index contributed by atoms with van der Waals surface area (Å²) < 4.78 is 0. The van der Waals surface area contributed by atoms with E-state index >= 15 is 0 Å². The standard InChI is InChI=1S/C21H36O4/c1-3-10-17(23)12-8-9-14-19-18(20(24)15-21(19)25)13-7-5-4-6-11-16(2)22/h9,14,17-19,21,23,25H,3-8,10-13,15H2,1-2H3/b14-9+/t17-,18+,19+,21+/m0/s1. The second kappa shape index (κ2) is 12.4. The molecule has 0 radical (unpaired) electrons. The molecule has 0 heterocycles. The number of carbonyl (C=O) groups is 2. The predicted octanol–water partition coefficient (Wildman–Crippen LogP) is 3.98. The van der Waals surface area contributed by atoms with E-state index in [9.17, 15) is 19.8 Å². The second-order valence-corrected chi connectivity index (χ2v) is 7.52. The van der Waals surface area contributed by atoms with Crippen LogP contribution >= 0.6 is 0 Å². The highest BCUT2D eigenvalue weighted by molar-refractivity contribution is 5.84. The quantitative estimate of drug-likeness (QED) is 0.388. The largest absolute Gasteiger partial charge is 0.393 e. The molecule has 0 bridgehead atoms. The van der Waals surface area contributed by atoms with Gasteiger partial charge in [0.05, 0.1) is 12.2 Å². The van der Waals surface area contributed by atoms with Crippen molar-refractivity contribution in [2.24, 2.45) is 11.8 Å². The van der Waals surface area contributed by atoms with Crippen LogP contribution in [0.4, 0.5) is 0 Å². The molecule has 0 saturated heterocycles. The van der Waals surface area contributed by atoms with Crippen molar-refractivity contribution in [2.45, 2.75) is 96.7 Å². The van der Waals surface area contributed by atoms with Gasteiger partial charge in [0.2, 0.25) is 0 Å². The molecule has 0 unspecified atom stereocenters. The van der Waals surface area contributed by atoms with Crippen LogP contribution in [0.1, 0.15) is 84.5 Å². The molecule has 1 aliphatic carbocycles. The molecule has 4 nitrogen and oxygen atoms in total. The lowest BCUT2D eigenvalue weighted by Gasteiger charge is -2.17. The minimum atomic E-state index is -0.563. The van der Waals surface area contributed by atoms with Gasteiger partial charge in [0.1, 0.15) is 11.6 Å². The smallest absolute Gasteiger partial charge is 0.139 e. The Kier molecular flexibility index (Phi) is 10.9. The predicted molar refractivity (Wildman–Crippen MR) is 100 cm³/mol. The monoisotopic (exact) mass is 352 g/mol. The molecule has 1 fully saturated rings. The van der Waals surface area contributed by atoms with E-state index < -0.39 is 6.10 Å². The molecule has 144 valence electrons. The van der Waals surface area contributed by atoms with Gasteiger partial charge in [-0.1, -0.05) is 44.8 Å². The van der Waals surface area contributed by atoms with E-state index in [1.165, 1.54) is 0 Å². The van der Waals surface area contributed by atoms with Gasteiger partial charge in [-0.05, 0) is 39.0 Å². The van der Waals surface area contributed by atoms with Gasteiger partial charge in [0, 0.05) is 24.7 Å². The molecule has 1 rings (SSSR count). The Hall–Kier alpha value is -1.00. The molecule has 0 aromatic carbocycles. The van der Waals surface area contributed by atoms with Crippen molar-refractivity contribution in [3.8, 4) is 0 Å². The highest BCUT2D eigenvalue weighted by atomic mass is 16.3. The first-order chi connectivity index (χ1) is 12.0. The summed E-state index contributed by atoms with van der Waals surface area (Å²) in [6.07, 6.45) is 12.2. The number of hydrogen-bond donors (Lipinski definition) is 2. The summed E-state index contributed by atoms with van der Waals surface area (Å²) in [5, 5.41) is 19.9. The van der Waals surface area contributed by atoms with Crippen molar-refractivity contribution < 1.29 is 19.8 Å². The highest BCUT2D eigenvalue weighted by Crippen LogP contribution is 2.34. The first-order valence-corrected chi connectivity index (χ1v) is 10.0. The summed E-state index contributed by atoms with van der Waals surface area (Å²) in [5.41, 5.74) is 0. The van der Waals surface area contributed by atoms with Crippen molar-refractivity contribution in [1.29, 1.82) is 0 Å². The van der Waals surface area contributed by atoms with Crippen molar-refractivity contribution in [1.82, 2.24) is 0 Å². The molecule has 2 N–H and O–H groups in total. The molecule has 1 aliphatic rings. The third kappa shape index (κ3) is 8.77. The molecule has 4 atom stereocenters. The molecule has 0 aliphatic heterocycles. The van der Waals surface area contributed by atoms with Gasteiger partial charge in [-0.2, -0.15) is 0 Å². The fraction of sp³-hybridized carbons (Fsp3) is 0.810. The lowest BCUT2D eigenvalue weighted by atomic mass is 9.88. The van der Waals surface area contributed by atoms with E-state index in [-0.39, 0.29) is 35.9 Å². The summed E-state index contributed by atoms with van der Waals surface area (Å²) in [7, 11) is 0. The first-order valence-electron chi connectivity index (χ1n) is 10.0. The van der Waals surface area contributed by atoms with Crippen molar-refractivity contribution >= 4 is 11.6 Å². The lowest BCUT2D eigenvalue weighted by molar-refractivity contribution is -0.121. The zero-order valence-electron chi connectivity index (χ0n) is 16.0. The van der Waals surface area contributed by atoms with Gasteiger partial charge in [0.25, 0.3) is 0 Å². The summed E-state index contributed by atoms with van der Waals surface area (Å²) in [5.74, 6) is 0.271. The summed E-state index contributed by atoms with van der Waals surface area (Å²) in [4.78, 5) is 23.1. The third-order valence-corrected chi connectivity index (χ3v) is 5.17. The Balaban J connectivity index is 2.34. The topological polar surface area (TPSA) is 74.6 Å². The SMILES string of the molecule is CCC[C@H](O)CC/C=C/[C@H]1[C@H](O)CC(=O)[C@@H]1CCCCCCC(C)=O. The summed E-state index contributed by atoms with van der Waals surface area (Å²) in [6, 6.07) is 0. The zero-order valence-corrected chi connectivity index (χ0v) is 16.0. The van der Waals surface area contributed by atoms with E-state index in [1.807, 2.05) is 12.2 Å². The fourth-order valence-electron chi connectivity index (χ4n) is 3.70. The van der Waals surface area contributed by atoms with E-state index in [1.54, 1.807) is 6.92 Å². The Morgan fingerprint density at radius 1 is 1.24 bits per heavy atom. The van der Waals surface area contributed by atoms with Gasteiger partial charge >= 0.3 is 0 Å². The number of ketones is 2. The van der Waals surface area contributed by atoms with E-state index in [2.05, 4.69) is 6.92 Å². The number of unbranched alkanes of at least 4 members (excludes halogenated alkanes) is 3. The molecule has 4 heteroatoms. The van der Waals surface area contributed by atoms with Crippen molar-refractivity contribution in [2.75, 3.05) is 0 Å². The molecular weight excluding hydrogens is 316 g/mol. The van der Waals surface area contributed by atoms with Crippen LogP contribution in [0.3, 0.4) is 0 Å². The van der Waals surface area contributed by atoms with Crippen LogP contribution in [-0.2, 0) is 9.59 Å². The summed E-state index contributed by atoms with van der Waals surface area (Å²) >= 11 is 0. The molecule has 0 amide bonds. The minimum absolute atomic E-state index is 0.0698. The molecule has 25 heavy (non-hydrogen) atoms. The van der Waals surface area contributed by atoms with Crippen LogP contribution < -0.4 is 0 Å². The average molecular weight is 353 g/mol. The molecular formula is C21H36O4. The number of aliphatic hydroxyl groups excluding tert-OH is 2. The van der Waals surface area contributed by atoms with E-state index in [4.69, 9.17) is 0 Å². The minimum Gasteiger partial charge on any atom is -0.393 e. The van der Waals surface area contributed by atoms with Crippen LogP contribution in [0, 0.1) is 11.8 Å². The zero-order chi connectivity index (χ0) is 18.7.